The molecule has 1 fully saturated rings. The number of hydrogen-bond acceptors (Lipinski definition) is 6. The number of rotatable bonds is 11. The highest BCUT2D eigenvalue weighted by Gasteiger charge is 2.48. The first-order valence-electron chi connectivity index (χ1n) is 10.9. The average Bonchev–Trinajstić information content (AvgIpc) is 2.79. The maximum absolute atomic E-state index is 12.0. The van der Waals surface area contributed by atoms with Crippen LogP contribution in [0.2, 0.25) is 0 Å². The fourth-order valence-corrected chi connectivity index (χ4v) is 3.86. The summed E-state index contributed by atoms with van der Waals surface area (Å²) in [6.45, 7) is 4.50. The molecule has 1 aliphatic rings. The van der Waals surface area contributed by atoms with Crippen molar-refractivity contribution in [2.75, 3.05) is 11.9 Å². The molecule has 2 aromatic carbocycles. The summed E-state index contributed by atoms with van der Waals surface area (Å²) in [5, 5.41) is 0.820. The van der Waals surface area contributed by atoms with Crippen molar-refractivity contribution in [3.63, 3.8) is 0 Å². The van der Waals surface area contributed by atoms with Crippen molar-refractivity contribution in [2.24, 2.45) is 0 Å². The van der Waals surface area contributed by atoms with Gasteiger partial charge in [0.25, 0.3) is 0 Å². The number of hydrogen-bond donors (Lipinski definition) is 0. The maximum atomic E-state index is 12.0. The lowest BCUT2D eigenvalue weighted by molar-refractivity contribution is -0.313. The van der Waals surface area contributed by atoms with Gasteiger partial charge in [-0.2, -0.15) is 0 Å². The van der Waals surface area contributed by atoms with Gasteiger partial charge in [0.1, 0.15) is 12.2 Å². The van der Waals surface area contributed by atoms with Gasteiger partial charge in [0, 0.05) is 12.3 Å². The normalized spacial score (nSPS) is 25.4. The van der Waals surface area contributed by atoms with Gasteiger partial charge in [-0.3, -0.25) is 4.79 Å². The summed E-state index contributed by atoms with van der Waals surface area (Å²) in [6, 6.07) is 19.7. The van der Waals surface area contributed by atoms with E-state index in [4.69, 9.17) is 23.7 Å². The molecule has 6 nitrogen and oxygen atoms in total. The van der Waals surface area contributed by atoms with E-state index in [9.17, 15) is 4.79 Å². The predicted octanol–water partition coefficient (Wildman–Crippen LogP) is 4.64. The van der Waals surface area contributed by atoms with E-state index >= 15 is 0 Å². The van der Waals surface area contributed by atoms with Gasteiger partial charge in [-0.15, -0.1) is 0 Å². The molecule has 5 atom stereocenters. The molecule has 1 aliphatic heterocycles. The number of carbonyl (C=O) groups is 1. The molecule has 0 amide bonds. The summed E-state index contributed by atoms with van der Waals surface area (Å²) in [7, 11) is 0. The van der Waals surface area contributed by atoms with Crippen LogP contribution in [0.15, 0.2) is 60.7 Å². The second-order valence-corrected chi connectivity index (χ2v) is 8.51. The number of ether oxygens (including phenoxy) is 5. The van der Waals surface area contributed by atoms with Crippen molar-refractivity contribution < 1.29 is 28.5 Å². The highest BCUT2D eigenvalue weighted by atomic mass is 79.9. The zero-order valence-electron chi connectivity index (χ0n) is 18.5. The Balaban J connectivity index is 1.78. The second kappa shape index (κ2) is 13.1. The third-order valence-corrected chi connectivity index (χ3v) is 5.72. The molecule has 1 heterocycles. The van der Waals surface area contributed by atoms with Crippen LogP contribution >= 0.6 is 15.9 Å². The summed E-state index contributed by atoms with van der Waals surface area (Å²) in [5.41, 5.74) is 2.03. The lowest BCUT2D eigenvalue weighted by Crippen LogP contribution is -2.60. The van der Waals surface area contributed by atoms with E-state index in [0.717, 1.165) is 22.9 Å². The monoisotopic (exact) mass is 506 g/mol. The van der Waals surface area contributed by atoms with Gasteiger partial charge in [0.05, 0.1) is 25.9 Å². The Morgan fingerprint density at radius 1 is 0.875 bits per heavy atom. The van der Waals surface area contributed by atoms with Crippen LogP contribution in [0.3, 0.4) is 0 Å². The molecule has 1 unspecified atom stereocenters. The Morgan fingerprint density at radius 2 is 1.44 bits per heavy atom. The molecule has 3 rings (SSSR count). The van der Waals surface area contributed by atoms with Crippen molar-refractivity contribution in [1.82, 2.24) is 0 Å². The molecular formula is C25H31BrO6. The van der Waals surface area contributed by atoms with Crippen LogP contribution in [0.1, 0.15) is 31.4 Å². The van der Waals surface area contributed by atoms with E-state index in [1.54, 1.807) is 0 Å². The fourth-order valence-electron chi connectivity index (χ4n) is 3.63. The standard InChI is InChI=1S/C25H31BrO6/c1-18-22(29-16-20-10-5-3-6-11-20)23(32-19(2)27)24(25(31-18)28-15-9-14-26)30-17-21-12-7-4-8-13-21/h3-8,10-13,18,22-25H,9,14-17H2,1-2H3/t18-,22+,23+,24-,25?/m0/s1. The van der Waals surface area contributed by atoms with Crippen LogP contribution in [0.5, 0.6) is 0 Å². The van der Waals surface area contributed by atoms with Gasteiger partial charge >= 0.3 is 5.97 Å². The Labute approximate surface area is 198 Å². The third kappa shape index (κ3) is 7.39. The van der Waals surface area contributed by atoms with Gasteiger partial charge in [0.15, 0.2) is 12.4 Å². The molecule has 2 aromatic rings. The lowest BCUT2D eigenvalue weighted by atomic mass is 9.98. The van der Waals surface area contributed by atoms with E-state index in [1.165, 1.54) is 6.92 Å². The summed E-state index contributed by atoms with van der Waals surface area (Å²) >= 11 is 3.42. The first-order chi connectivity index (χ1) is 15.6. The van der Waals surface area contributed by atoms with Gasteiger partial charge in [-0.1, -0.05) is 76.6 Å². The summed E-state index contributed by atoms with van der Waals surface area (Å²) in [6.07, 6.45) is -2.01. The molecule has 0 N–H and O–H groups in total. The highest BCUT2D eigenvalue weighted by Crippen LogP contribution is 2.30. The molecular weight excluding hydrogens is 476 g/mol. The molecule has 1 saturated heterocycles. The number of benzene rings is 2. The van der Waals surface area contributed by atoms with Crippen LogP contribution in [-0.4, -0.2) is 48.6 Å². The zero-order chi connectivity index (χ0) is 22.8. The Hall–Kier alpha value is -1.77. The SMILES string of the molecule is CC(=O)O[C@@H]1[C@H](OCc2ccccc2)[C@H](C)OC(OCCCBr)[C@H]1OCc1ccccc1. The summed E-state index contributed by atoms with van der Waals surface area (Å²) in [5.74, 6) is -0.398. The molecule has 0 spiro atoms. The molecule has 174 valence electrons. The Bertz CT molecular complexity index is 803. The maximum Gasteiger partial charge on any atom is 0.303 e. The molecule has 32 heavy (non-hydrogen) atoms. The first kappa shape index (κ1) is 24.9. The van der Waals surface area contributed by atoms with Crippen molar-refractivity contribution in [2.45, 2.75) is 64.2 Å². The van der Waals surface area contributed by atoms with Crippen molar-refractivity contribution >= 4 is 21.9 Å². The summed E-state index contributed by atoms with van der Waals surface area (Å²) < 4.78 is 30.3. The van der Waals surface area contributed by atoms with Gasteiger partial charge < -0.3 is 23.7 Å². The van der Waals surface area contributed by atoms with Gasteiger partial charge in [0.2, 0.25) is 0 Å². The van der Waals surface area contributed by atoms with Gasteiger partial charge in [-0.25, -0.2) is 0 Å². The van der Waals surface area contributed by atoms with Crippen LogP contribution < -0.4 is 0 Å². The predicted molar refractivity (Wildman–Crippen MR) is 124 cm³/mol. The number of esters is 1. The molecule has 0 aromatic heterocycles. The third-order valence-electron chi connectivity index (χ3n) is 5.16. The molecule has 0 bridgehead atoms. The lowest BCUT2D eigenvalue weighted by Gasteiger charge is -2.44. The van der Waals surface area contributed by atoms with Gasteiger partial charge in [-0.05, 0) is 24.5 Å². The minimum atomic E-state index is -0.673. The minimum Gasteiger partial charge on any atom is -0.457 e. The molecule has 7 heteroatoms. The number of carbonyl (C=O) groups excluding carboxylic acids is 1. The van der Waals surface area contributed by atoms with Crippen LogP contribution in [-0.2, 0) is 41.7 Å². The van der Waals surface area contributed by atoms with Crippen LogP contribution in [0.25, 0.3) is 0 Å². The van der Waals surface area contributed by atoms with E-state index < -0.39 is 30.6 Å². The topological polar surface area (TPSA) is 63.2 Å². The molecule has 0 saturated carbocycles. The van der Waals surface area contributed by atoms with Crippen LogP contribution in [0, 0.1) is 0 Å². The first-order valence-corrected chi connectivity index (χ1v) is 12.0. The Morgan fingerprint density at radius 3 is 1.97 bits per heavy atom. The van der Waals surface area contributed by atoms with Crippen molar-refractivity contribution in [3.05, 3.63) is 71.8 Å². The molecule has 0 radical (unpaired) electrons. The quantitative estimate of drug-likeness (QED) is 0.251. The minimum absolute atomic E-state index is 0.338. The summed E-state index contributed by atoms with van der Waals surface area (Å²) in [4.78, 5) is 12.0. The fraction of sp³-hybridized carbons (Fsp3) is 0.480. The number of alkyl halides is 1. The van der Waals surface area contributed by atoms with Crippen LogP contribution in [0.4, 0.5) is 0 Å². The highest BCUT2D eigenvalue weighted by molar-refractivity contribution is 9.09. The smallest absolute Gasteiger partial charge is 0.303 e. The van der Waals surface area contributed by atoms with E-state index in [2.05, 4.69) is 15.9 Å². The van der Waals surface area contributed by atoms with E-state index in [-0.39, 0.29) is 6.10 Å². The number of halogens is 1. The zero-order valence-corrected chi connectivity index (χ0v) is 20.1. The molecule has 0 aliphatic carbocycles. The van der Waals surface area contributed by atoms with Crippen molar-refractivity contribution in [3.8, 4) is 0 Å². The largest absolute Gasteiger partial charge is 0.457 e. The Kier molecular flexibility index (Phi) is 10.1. The second-order valence-electron chi connectivity index (χ2n) is 7.72. The average molecular weight is 507 g/mol. The van der Waals surface area contributed by atoms with Crippen molar-refractivity contribution in [1.29, 1.82) is 0 Å². The van der Waals surface area contributed by atoms with E-state index in [0.29, 0.717) is 19.8 Å². The van der Waals surface area contributed by atoms with E-state index in [1.807, 2.05) is 67.6 Å².